The highest BCUT2D eigenvalue weighted by molar-refractivity contribution is 6.64. The molecule has 1 atom stereocenters. The quantitative estimate of drug-likeness (QED) is 0.590. The Morgan fingerprint density at radius 2 is 1.73 bits per heavy atom. The van der Waals surface area contributed by atoms with Gasteiger partial charge in [-0.15, -0.1) is 0 Å². The van der Waals surface area contributed by atoms with Crippen molar-refractivity contribution in [1.82, 2.24) is 0 Å². The van der Waals surface area contributed by atoms with E-state index in [0.717, 1.165) is 19.4 Å². The maximum Gasteiger partial charge on any atom is 0.331 e. The van der Waals surface area contributed by atoms with Crippen LogP contribution in [0.15, 0.2) is 0 Å². The van der Waals surface area contributed by atoms with Crippen molar-refractivity contribution in [3.63, 3.8) is 0 Å². The van der Waals surface area contributed by atoms with Crippen molar-refractivity contribution in [2.24, 2.45) is 5.92 Å². The zero-order valence-electron chi connectivity index (χ0n) is 11.3. The molecule has 0 radical (unpaired) electrons. The third kappa shape index (κ3) is 8.00. The van der Waals surface area contributed by atoms with Crippen LogP contribution in [0.2, 0.25) is 13.1 Å². The summed E-state index contributed by atoms with van der Waals surface area (Å²) in [5, 5.41) is 0. The predicted octanol–water partition coefficient (Wildman–Crippen LogP) is 3.96. The molecule has 0 aliphatic carbocycles. The van der Waals surface area contributed by atoms with E-state index in [1.165, 1.54) is 6.42 Å². The van der Waals surface area contributed by atoms with E-state index < -0.39 is 8.56 Å². The van der Waals surface area contributed by atoms with E-state index in [2.05, 4.69) is 40.8 Å². The minimum Gasteiger partial charge on any atom is -0.394 e. The lowest BCUT2D eigenvalue weighted by molar-refractivity contribution is 0.103. The molecule has 0 aliphatic rings. The topological polar surface area (TPSA) is 18.5 Å². The van der Waals surface area contributed by atoms with Gasteiger partial charge in [0.15, 0.2) is 0 Å². The highest BCUT2D eigenvalue weighted by Gasteiger charge is 2.28. The predicted molar refractivity (Wildman–Crippen MR) is 68.3 cm³/mol. The lowest BCUT2D eigenvalue weighted by Crippen LogP contribution is -2.39. The van der Waals surface area contributed by atoms with Gasteiger partial charge < -0.3 is 8.85 Å². The van der Waals surface area contributed by atoms with Crippen LogP contribution in [0.4, 0.5) is 0 Å². The van der Waals surface area contributed by atoms with Crippen LogP contribution in [-0.2, 0) is 8.85 Å². The summed E-state index contributed by atoms with van der Waals surface area (Å²) < 4.78 is 12.0. The van der Waals surface area contributed by atoms with Gasteiger partial charge in [-0.1, -0.05) is 34.1 Å². The second-order valence-corrected chi connectivity index (χ2v) is 8.37. The number of hydrogen-bond acceptors (Lipinski definition) is 2. The summed E-state index contributed by atoms with van der Waals surface area (Å²) in [4.78, 5) is 0. The van der Waals surface area contributed by atoms with Gasteiger partial charge in [-0.25, -0.2) is 0 Å². The molecule has 1 unspecified atom stereocenters. The van der Waals surface area contributed by atoms with Crippen LogP contribution in [0.3, 0.4) is 0 Å². The van der Waals surface area contributed by atoms with Gasteiger partial charge in [-0.3, -0.25) is 0 Å². The molecule has 0 heterocycles. The summed E-state index contributed by atoms with van der Waals surface area (Å²) in [5.74, 6) is 0.589. The first-order valence-corrected chi connectivity index (χ1v) is 9.04. The van der Waals surface area contributed by atoms with Crippen LogP contribution in [0.1, 0.15) is 47.0 Å². The van der Waals surface area contributed by atoms with Gasteiger partial charge >= 0.3 is 8.56 Å². The first kappa shape index (κ1) is 15.1. The van der Waals surface area contributed by atoms with Crippen LogP contribution in [0, 0.1) is 5.92 Å². The molecule has 0 spiro atoms. The van der Waals surface area contributed by atoms with Crippen LogP contribution in [0.25, 0.3) is 0 Å². The lowest BCUT2D eigenvalue weighted by atomic mass is 10.2. The van der Waals surface area contributed by atoms with E-state index in [0.29, 0.717) is 12.0 Å². The summed E-state index contributed by atoms with van der Waals surface area (Å²) in [5.41, 5.74) is 0. The molecule has 0 N–H and O–H groups in total. The Labute approximate surface area is 96.6 Å². The average Bonchev–Trinajstić information content (AvgIpc) is 2.14. The first-order chi connectivity index (χ1) is 6.91. The van der Waals surface area contributed by atoms with Crippen LogP contribution in [0.5, 0.6) is 0 Å². The first-order valence-electron chi connectivity index (χ1n) is 6.23. The Balaban J connectivity index is 3.97. The van der Waals surface area contributed by atoms with E-state index in [-0.39, 0.29) is 0 Å². The monoisotopic (exact) mass is 232 g/mol. The van der Waals surface area contributed by atoms with Crippen molar-refractivity contribution in [3.8, 4) is 0 Å². The molecule has 0 aromatic carbocycles. The van der Waals surface area contributed by atoms with Crippen LogP contribution < -0.4 is 0 Å². The fourth-order valence-electron chi connectivity index (χ4n) is 1.47. The fraction of sp³-hybridized carbons (Fsp3) is 1.00. The molecule has 0 aliphatic heterocycles. The molecule has 0 aromatic rings. The summed E-state index contributed by atoms with van der Waals surface area (Å²) in [7, 11) is -1.89. The third-order valence-corrected chi connectivity index (χ3v) is 4.04. The molecule has 0 amide bonds. The van der Waals surface area contributed by atoms with Crippen molar-refractivity contribution in [2.75, 3.05) is 6.61 Å². The van der Waals surface area contributed by atoms with Gasteiger partial charge in [-0.2, -0.15) is 0 Å². The third-order valence-electron chi connectivity index (χ3n) is 2.28. The van der Waals surface area contributed by atoms with E-state index in [1.807, 2.05) is 0 Å². The molecule has 0 saturated heterocycles. The normalized spacial score (nSPS) is 14.6. The second kappa shape index (κ2) is 7.42. The van der Waals surface area contributed by atoms with E-state index in [1.54, 1.807) is 0 Å². The Hall–Kier alpha value is 0.137. The minimum atomic E-state index is -1.89. The molecule has 2 nitrogen and oxygen atoms in total. The highest BCUT2D eigenvalue weighted by atomic mass is 28.4. The summed E-state index contributed by atoms with van der Waals surface area (Å²) in [6, 6.07) is 0. The Morgan fingerprint density at radius 3 is 2.13 bits per heavy atom. The summed E-state index contributed by atoms with van der Waals surface area (Å²) >= 11 is 0. The molecule has 3 heteroatoms. The van der Waals surface area contributed by atoms with Gasteiger partial charge in [0.2, 0.25) is 0 Å². The molecule has 0 bridgehead atoms. The SMILES string of the molecule is CCCC(CC)O[Si](C)(C)OCC(C)C. The molecule has 0 fully saturated rings. The van der Waals surface area contributed by atoms with Gasteiger partial charge in [-0.05, 0) is 31.9 Å². The van der Waals surface area contributed by atoms with Crippen molar-refractivity contribution in [3.05, 3.63) is 0 Å². The lowest BCUT2D eigenvalue weighted by Gasteiger charge is -2.29. The summed E-state index contributed by atoms with van der Waals surface area (Å²) in [6.45, 7) is 13.9. The standard InChI is InChI=1S/C12H28O2Si/c1-7-9-12(8-2)14-15(5,6)13-10-11(3)4/h11-12H,7-10H2,1-6H3. The van der Waals surface area contributed by atoms with Crippen molar-refractivity contribution < 1.29 is 8.85 Å². The fourth-order valence-corrected chi connectivity index (χ4v) is 3.36. The highest BCUT2D eigenvalue weighted by Crippen LogP contribution is 2.16. The van der Waals surface area contributed by atoms with E-state index >= 15 is 0 Å². The van der Waals surface area contributed by atoms with E-state index in [4.69, 9.17) is 8.85 Å². The zero-order valence-corrected chi connectivity index (χ0v) is 12.3. The number of hydrogen-bond donors (Lipinski definition) is 0. The molecule has 0 saturated carbocycles. The van der Waals surface area contributed by atoms with Gasteiger partial charge in [0.05, 0.1) is 0 Å². The molecule has 0 aromatic heterocycles. The molecule has 0 rings (SSSR count). The van der Waals surface area contributed by atoms with Crippen LogP contribution >= 0.6 is 0 Å². The van der Waals surface area contributed by atoms with Gasteiger partial charge in [0.1, 0.15) is 0 Å². The Kier molecular flexibility index (Phi) is 7.48. The van der Waals surface area contributed by atoms with Gasteiger partial charge in [0, 0.05) is 12.7 Å². The Morgan fingerprint density at radius 1 is 1.13 bits per heavy atom. The van der Waals surface area contributed by atoms with Crippen LogP contribution in [-0.4, -0.2) is 21.3 Å². The molecule has 92 valence electrons. The second-order valence-electron chi connectivity index (χ2n) is 5.04. The smallest absolute Gasteiger partial charge is 0.331 e. The maximum absolute atomic E-state index is 6.09. The van der Waals surface area contributed by atoms with Gasteiger partial charge in [0.25, 0.3) is 0 Å². The molecular weight excluding hydrogens is 204 g/mol. The van der Waals surface area contributed by atoms with Crippen molar-refractivity contribution >= 4 is 8.56 Å². The van der Waals surface area contributed by atoms with Crippen molar-refractivity contribution in [2.45, 2.75) is 66.2 Å². The minimum absolute atomic E-state index is 0.392. The van der Waals surface area contributed by atoms with E-state index in [9.17, 15) is 0 Å². The maximum atomic E-state index is 6.09. The summed E-state index contributed by atoms with van der Waals surface area (Å²) in [6.07, 6.45) is 3.82. The number of rotatable bonds is 8. The molecule has 15 heavy (non-hydrogen) atoms. The largest absolute Gasteiger partial charge is 0.394 e. The van der Waals surface area contributed by atoms with Crippen molar-refractivity contribution in [1.29, 1.82) is 0 Å². The molecular formula is C12H28O2Si. The Bertz CT molecular complexity index is 158. The average molecular weight is 232 g/mol. The zero-order chi connectivity index (χ0) is 11.9.